The zero-order valence-electron chi connectivity index (χ0n) is 6.79. The normalized spacial score (nSPS) is 24.3. The van der Waals surface area contributed by atoms with Gasteiger partial charge in [-0.3, -0.25) is 0 Å². The molecule has 0 aliphatic carbocycles. The van der Waals surface area contributed by atoms with Gasteiger partial charge in [0.1, 0.15) is 0 Å². The van der Waals surface area contributed by atoms with E-state index in [1.165, 1.54) is 11.9 Å². The molecule has 0 unspecified atom stereocenters. The van der Waals surface area contributed by atoms with E-state index < -0.39 is 5.91 Å². The van der Waals surface area contributed by atoms with Crippen LogP contribution in [-0.2, 0) is 0 Å². The highest BCUT2D eigenvalue weighted by Crippen LogP contribution is 2.32. The average molecular weight is 177 g/mol. The zero-order chi connectivity index (χ0) is 8.32. The Hall–Kier alpha value is 0.230. The Bertz CT molecular complexity index is 130. The fourth-order valence-corrected chi connectivity index (χ4v) is 2.21. The second-order valence-electron chi connectivity index (χ2n) is 2.81. The molecule has 0 atom stereocenters. The van der Waals surface area contributed by atoms with Crippen molar-refractivity contribution in [3.8, 4) is 0 Å². The molecule has 3 nitrogen and oxygen atoms in total. The van der Waals surface area contributed by atoms with Crippen LogP contribution in [-0.4, -0.2) is 32.7 Å². The molecular weight excluding hydrogens is 162 g/mol. The van der Waals surface area contributed by atoms with Gasteiger partial charge in [0.05, 0.1) is 0 Å². The topological polar surface area (TPSA) is 43.7 Å². The van der Waals surface area contributed by atoms with Gasteiger partial charge in [-0.2, -0.15) is 4.31 Å². The van der Waals surface area contributed by atoms with Gasteiger partial charge in [-0.1, -0.05) is 25.3 Å². The van der Waals surface area contributed by atoms with Crippen molar-refractivity contribution < 1.29 is 10.2 Å². The van der Waals surface area contributed by atoms with Gasteiger partial charge in [-0.15, -0.1) is 0 Å². The molecule has 1 rings (SSSR count). The van der Waals surface area contributed by atoms with E-state index in [9.17, 15) is 10.2 Å². The molecule has 1 heterocycles. The van der Waals surface area contributed by atoms with Crippen LogP contribution in [0.25, 0.3) is 0 Å². The van der Waals surface area contributed by atoms with Crippen LogP contribution in [0.2, 0.25) is 0 Å². The fraction of sp³-hybridized carbons (Fsp3) is 1.00. The Balaban J connectivity index is 2.32. The number of hydrogen-bond donors (Lipinski definition) is 2. The van der Waals surface area contributed by atoms with Crippen LogP contribution in [0.1, 0.15) is 26.2 Å². The van der Waals surface area contributed by atoms with Crippen LogP contribution in [0.5, 0.6) is 0 Å². The molecule has 0 aromatic rings. The largest absolute Gasteiger partial charge is 0.353 e. The van der Waals surface area contributed by atoms with Gasteiger partial charge in [0.25, 0.3) is 0 Å². The minimum atomic E-state index is -1.54. The van der Waals surface area contributed by atoms with Gasteiger partial charge in [-0.05, 0) is 6.42 Å². The quantitative estimate of drug-likeness (QED) is 0.494. The lowest BCUT2D eigenvalue weighted by molar-refractivity contribution is -0.223. The molecule has 0 bridgehead atoms. The highest BCUT2D eigenvalue weighted by Gasteiger charge is 2.37. The third kappa shape index (κ3) is 2.33. The van der Waals surface area contributed by atoms with Gasteiger partial charge in [-0.25, -0.2) is 0 Å². The number of aliphatic hydroxyl groups is 2. The highest BCUT2D eigenvalue weighted by atomic mass is 32.2. The molecule has 0 saturated carbocycles. The van der Waals surface area contributed by atoms with Gasteiger partial charge in [0.2, 0.25) is 5.91 Å². The van der Waals surface area contributed by atoms with Crippen molar-refractivity contribution in [3.05, 3.63) is 0 Å². The molecule has 0 amide bonds. The van der Waals surface area contributed by atoms with Crippen molar-refractivity contribution in [1.29, 1.82) is 0 Å². The summed E-state index contributed by atoms with van der Waals surface area (Å²) in [6, 6.07) is 0. The summed E-state index contributed by atoms with van der Waals surface area (Å²) in [5.74, 6) is -0.726. The number of nitrogens with zero attached hydrogens (tertiary/aromatic N) is 1. The number of rotatable bonds is 3. The van der Waals surface area contributed by atoms with E-state index in [-0.39, 0.29) is 0 Å². The number of hydrogen-bond acceptors (Lipinski definition) is 4. The minimum Gasteiger partial charge on any atom is -0.353 e. The Morgan fingerprint density at radius 1 is 1.55 bits per heavy atom. The van der Waals surface area contributed by atoms with Crippen molar-refractivity contribution >= 4 is 11.9 Å². The Morgan fingerprint density at radius 2 is 2.27 bits per heavy atom. The van der Waals surface area contributed by atoms with E-state index in [0.29, 0.717) is 6.42 Å². The molecule has 1 aliphatic heterocycles. The molecule has 0 radical (unpaired) electrons. The van der Waals surface area contributed by atoms with Crippen molar-refractivity contribution in [1.82, 2.24) is 4.31 Å². The predicted molar refractivity (Wildman–Crippen MR) is 45.9 cm³/mol. The van der Waals surface area contributed by atoms with Crippen molar-refractivity contribution in [2.45, 2.75) is 32.1 Å². The second kappa shape index (κ2) is 3.76. The number of unbranched alkanes of at least 4 members (excludes halogenated alkanes) is 1. The second-order valence-corrected chi connectivity index (χ2v) is 3.92. The van der Waals surface area contributed by atoms with E-state index >= 15 is 0 Å². The fourth-order valence-electron chi connectivity index (χ4n) is 1.07. The molecule has 11 heavy (non-hydrogen) atoms. The third-order valence-electron chi connectivity index (χ3n) is 1.80. The molecule has 1 fully saturated rings. The molecule has 0 aromatic heterocycles. The average Bonchev–Trinajstić information content (AvgIpc) is 2.25. The summed E-state index contributed by atoms with van der Waals surface area (Å²) in [6.45, 7) is 2.87. The van der Waals surface area contributed by atoms with Crippen molar-refractivity contribution in [2.24, 2.45) is 0 Å². The summed E-state index contributed by atoms with van der Waals surface area (Å²) in [7, 11) is 0. The summed E-state index contributed by atoms with van der Waals surface area (Å²) in [5, 5.41) is 18.7. The van der Waals surface area contributed by atoms with Crippen LogP contribution >= 0.6 is 11.9 Å². The van der Waals surface area contributed by atoms with Crippen LogP contribution in [0.4, 0.5) is 0 Å². The van der Waals surface area contributed by atoms with Gasteiger partial charge < -0.3 is 10.2 Å². The lowest BCUT2D eigenvalue weighted by atomic mass is 10.3. The first-order valence-corrected chi connectivity index (χ1v) is 4.96. The van der Waals surface area contributed by atoms with Crippen LogP contribution in [0, 0.1) is 0 Å². The summed E-state index contributed by atoms with van der Waals surface area (Å²) >= 11 is 1.52. The maximum atomic E-state index is 9.34. The standard InChI is InChI=1S/C7H15NO2S/c1-2-3-5-8-7(9,10)4-6-11-8/h9-10H,2-6H2,1H3. The maximum Gasteiger partial charge on any atom is 0.235 e. The van der Waals surface area contributed by atoms with E-state index in [0.717, 1.165) is 25.1 Å². The van der Waals surface area contributed by atoms with Crippen molar-refractivity contribution in [3.63, 3.8) is 0 Å². The first kappa shape index (κ1) is 9.32. The SMILES string of the molecule is CCCCN1SCCC1(O)O. The molecular formula is C7H15NO2S. The van der Waals surface area contributed by atoms with Crippen LogP contribution in [0.3, 0.4) is 0 Å². The Labute approximate surface area is 71.5 Å². The Morgan fingerprint density at radius 3 is 2.73 bits per heavy atom. The molecule has 66 valence electrons. The lowest BCUT2D eigenvalue weighted by Crippen LogP contribution is -2.40. The summed E-state index contributed by atoms with van der Waals surface area (Å²) in [4.78, 5) is 0. The first-order chi connectivity index (χ1) is 5.17. The van der Waals surface area contributed by atoms with Crippen LogP contribution < -0.4 is 0 Å². The smallest absolute Gasteiger partial charge is 0.235 e. The predicted octanol–water partition coefficient (Wildman–Crippen LogP) is 0.779. The van der Waals surface area contributed by atoms with E-state index in [1.54, 1.807) is 4.31 Å². The van der Waals surface area contributed by atoms with Gasteiger partial charge >= 0.3 is 0 Å². The summed E-state index contributed by atoms with van der Waals surface area (Å²) in [5.41, 5.74) is 0. The van der Waals surface area contributed by atoms with Crippen molar-refractivity contribution in [2.75, 3.05) is 12.3 Å². The lowest BCUT2D eigenvalue weighted by Gasteiger charge is -2.25. The monoisotopic (exact) mass is 177 g/mol. The maximum absolute atomic E-state index is 9.34. The minimum absolute atomic E-state index is 0.460. The van der Waals surface area contributed by atoms with E-state index in [2.05, 4.69) is 6.92 Å². The summed E-state index contributed by atoms with van der Waals surface area (Å²) < 4.78 is 1.66. The molecule has 2 N–H and O–H groups in total. The first-order valence-electron chi connectivity index (χ1n) is 4.02. The molecule has 1 saturated heterocycles. The summed E-state index contributed by atoms with van der Waals surface area (Å²) in [6.07, 6.45) is 2.57. The molecule has 0 aromatic carbocycles. The Kier molecular flexibility index (Phi) is 3.18. The molecule has 1 aliphatic rings. The third-order valence-corrected chi connectivity index (χ3v) is 2.97. The zero-order valence-corrected chi connectivity index (χ0v) is 7.60. The molecule has 4 heteroatoms. The van der Waals surface area contributed by atoms with Crippen LogP contribution in [0.15, 0.2) is 0 Å². The van der Waals surface area contributed by atoms with E-state index in [4.69, 9.17) is 0 Å². The molecule has 0 spiro atoms. The van der Waals surface area contributed by atoms with E-state index in [1.807, 2.05) is 0 Å². The highest BCUT2D eigenvalue weighted by molar-refractivity contribution is 7.97. The van der Waals surface area contributed by atoms with Gasteiger partial charge in [0.15, 0.2) is 0 Å². The van der Waals surface area contributed by atoms with Gasteiger partial charge in [0, 0.05) is 18.7 Å².